The number of pyridine rings is 1. The van der Waals surface area contributed by atoms with E-state index < -0.39 is 0 Å². The van der Waals surface area contributed by atoms with Crippen LogP contribution in [0.5, 0.6) is 5.75 Å². The zero-order chi connectivity index (χ0) is 19.4. The lowest BCUT2D eigenvalue weighted by molar-refractivity contribution is 0.102. The van der Waals surface area contributed by atoms with Crippen LogP contribution < -0.4 is 10.1 Å². The van der Waals surface area contributed by atoms with Gasteiger partial charge in [0.05, 0.1) is 16.8 Å². The molecule has 0 atom stereocenters. The number of halogens is 1. The van der Waals surface area contributed by atoms with E-state index in [-0.39, 0.29) is 5.91 Å². The number of hydrogen-bond acceptors (Lipinski definition) is 3. The van der Waals surface area contributed by atoms with E-state index in [0.717, 1.165) is 45.7 Å². The highest BCUT2D eigenvalue weighted by Gasteiger charge is 2.20. The second-order valence-electron chi connectivity index (χ2n) is 6.50. The first-order valence-corrected chi connectivity index (χ1v) is 10.0. The fourth-order valence-corrected chi connectivity index (χ4v) is 3.57. The maximum atomic E-state index is 13.0. The van der Waals surface area contributed by atoms with Gasteiger partial charge in [0, 0.05) is 11.9 Å². The maximum Gasteiger partial charge on any atom is 0.274 e. The van der Waals surface area contributed by atoms with E-state index in [4.69, 9.17) is 4.74 Å². The van der Waals surface area contributed by atoms with Crippen molar-refractivity contribution in [2.75, 3.05) is 11.9 Å². The van der Waals surface area contributed by atoms with Crippen molar-refractivity contribution in [3.05, 3.63) is 58.0 Å². The SMILES string of the molecule is CCCCOc1ccc(NC(=O)c2c(CC)nc3c(Br)cc(C)cn23)cc1. The molecule has 1 amide bonds. The number of fused-ring (bicyclic) bond motifs is 1. The van der Waals surface area contributed by atoms with Gasteiger partial charge in [-0.25, -0.2) is 4.98 Å². The molecule has 6 heteroatoms. The van der Waals surface area contributed by atoms with Crippen molar-refractivity contribution in [2.45, 2.75) is 40.0 Å². The fraction of sp³-hybridized carbons (Fsp3) is 0.333. The topological polar surface area (TPSA) is 55.6 Å². The monoisotopic (exact) mass is 429 g/mol. The first-order chi connectivity index (χ1) is 13.0. The molecule has 1 aromatic carbocycles. The molecule has 1 N–H and O–H groups in total. The molecular weight excluding hydrogens is 406 g/mol. The molecule has 2 heterocycles. The number of imidazole rings is 1. The normalized spacial score (nSPS) is 11.0. The highest BCUT2D eigenvalue weighted by molar-refractivity contribution is 9.10. The summed E-state index contributed by atoms with van der Waals surface area (Å²) in [6, 6.07) is 9.47. The first kappa shape index (κ1) is 19.4. The van der Waals surface area contributed by atoms with Gasteiger partial charge in [0.25, 0.3) is 5.91 Å². The van der Waals surface area contributed by atoms with Crippen LogP contribution in [0.4, 0.5) is 5.69 Å². The quantitative estimate of drug-likeness (QED) is 0.511. The summed E-state index contributed by atoms with van der Waals surface area (Å²) in [4.78, 5) is 17.6. The van der Waals surface area contributed by atoms with Crippen LogP contribution in [0.15, 0.2) is 41.0 Å². The molecule has 0 aliphatic heterocycles. The van der Waals surface area contributed by atoms with Crippen LogP contribution >= 0.6 is 15.9 Å². The summed E-state index contributed by atoms with van der Waals surface area (Å²) in [6.45, 7) is 6.83. The van der Waals surface area contributed by atoms with Crippen molar-refractivity contribution in [3.63, 3.8) is 0 Å². The summed E-state index contributed by atoms with van der Waals surface area (Å²) in [5, 5.41) is 2.97. The highest BCUT2D eigenvalue weighted by atomic mass is 79.9. The van der Waals surface area contributed by atoms with Gasteiger partial charge in [-0.1, -0.05) is 20.3 Å². The van der Waals surface area contributed by atoms with Gasteiger partial charge in [-0.15, -0.1) is 0 Å². The predicted octanol–water partition coefficient (Wildman–Crippen LogP) is 5.40. The minimum atomic E-state index is -0.170. The maximum absolute atomic E-state index is 13.0. The third kappa shape index (κ3) is 4.33. The van der Waals surface area contributed by atoms with E-state index in [9.17, 15) is 4.79 Å². The molecular formula is C21H24BrN3O2. The zero-order valence-corrected chi connectivity index (χ0v) is 17.5. The number of hydrogen-bond donors (Lipinski definition) is 1. The Morgan fingerprint density at radius 2 is 2.00 bits per heavy atom. The van der Waals surface area contributed by atoms with Gasteiger partial charge in [0.15, 0.2) is 5.65 Å². The molecule has 0 unspecified atom stereocenters. The number of aromatic nitrogens is 2. The van der Waals surface area contributed by atoms with Gasteiger partial charge in [-0.3, -0.25) is 9.20 Å². The van der Waals surface area contributed by atoms with Crippen LogP contribution in [0, 0.1) is 6.92 Å². The molecule has 0 radical (unpaired) electrons. The fourth-order valence-electron chi connectivity index (χ4n) is 2.93. The number of nitrogens with one attached hydrogen (secondary N) is 1. The van der Waals surface area contributed by atoms with Crippen LogP contribution in [0.3, 0.4) is 0 Å². The van der Waals surface area contributed by atoms with Gasteiger partial charge >= 0.3 is 0 Å². The van der Waals surface area contributed by atoms with E-state index >= 15 is 0 Å². The second-order valence-corrected chi connectivity index (χ2v) is 7.35. The number of rotatable bonds is 7. The number of carbonyl (C=O) groups is 1. The van der Waals surface area contributed by atoms with Crippen molar-refractivity contribution >= 4 is 33.2 Å². The minimum absolute atomic E-state index is 0.170. The Morgan fingerprint density at radius 1 is 1.26 bits per heavy atom. The number of aryl methyl sites for hydroxylation is 2. The standard InChI is InChI=1S/C21H24BrN3O2/c1-4-6-11-27-16-9-7-15(8-10-16)23-21(26)19-18(5-2)24-20-17(22)12-14(3)13-25(19)20/h7-10,12-13H,4-6,11H2,1-3H3,(H,23,26). The van der Waals surface area contributed by atoms with Gasteiger partial charge < -0.3 is 10.1 Å². The lowest BCUT2D eigenvalue weighted by atomic mass is 10.2. The number of amides is 1. The van der Waals surface area contributed by atoms with Crippen LogP contribution in [-0.4, -0.2) is 21.9 Å². The minimum Gasteiger partial charge on any atom is -0.494 e. The van der Waals surface area contributed by atoms with Gasteiger partial charge in [-0.05, 0) is 71.6 Å². The molecule has 5 nitrogen and oxygen atoms in total. The van der Waals surface area contributed by atoms with Crippen LogP contribution in [-0.2, 0) is 6.42 Å². The third-order valence-corrected chi connectivity index (χ3v) is 4.90. The molecule has 0 aliphatic rings. The van der Waals surface area contributed by atoms with E-state index in [1.807, 2.05) is 54.8 Å². The Morgan fingerprint density at radius 3 is 2.67 bits per heavy atom. The molecule has 0 saturated carbocycles. The van der Waals surface area contributed by atoms with Crippen LogP contribution in [0.2, 0.25) is 0 Å². The summed E-state index contributed by atoms with van der Waals surface area (Å²) in [5.41, 5.74) is 3.88. The zero-order valence-electron chi connectivity index (χ0n) is 15.9. The summed E-state index contributed by atoms with van der Waals surface area (Å²) in [7, 11) is 0. The van der Waals surface area contributed by atoms with E-state index in [1.165, 1.54) is 0 Å². The predicted molar refractivity (Wildman–Crippen MR) is 112 cm³/mol. The Hall–Kier alpha value is -2.34. The molecule has 0 saturated heterocycles. The molecule has 0 spiro atoms. The Balaban J connectivity index is 1.84. The number of carbonyl (C=O) groups excluding carboxylic acids is 1. The number of ether oxygens (including phenoxy) is 1. The van der Waals surface area contributed by atoms with E-state index in [2.05, 4.69) is 33.2 Å². The smallest absolute Gasteiger partial charge is 0.274 e. The molecule has 3 aromatic rings. The molecule has 0 aliphatic carbocycles. The highest BCUT2D eigenvalue weighted by Crippen LogP contribution is 2.24. The lowest BCUT2D eigenvalue weighted by Gasteiger charge is -2.09. The molecule has 27 heavy (non-hydrogen) atoms. The van der Waals surface area contributed by atoms with E-state index in [0.29, 0.717) is 18.7 Å². The van der Waals surface area contributed by atoms with Gasteiger partial charge in [0.2, 0.25) is 0 Å². The Bertz CT molecular complexity index is 948. The lowest BCUT2D eigenvalue weighted by Crippen LogP contribution is -2.16. The Labute approximate surface area is 167 Å². The summed E-state index contributed by atoms with van der Waals surface area (Å²) >= 11 is 3.55. The molecule has 3 rings (SSSR count). The summed E-state index contributed by atoms with van der Waals surface area (Å²) in [6.07, 6.45) is 4.75. The number of benzene rings is 1. The summed E-state index contributed by atoms with van der Waals surface area (Å²) in [5.74, 6) is 0.640. The van der Waals surface area contributed by atoms with Gasteiger partial charge in [0.1, 0.15) is 11.4 Å². The Kier molecular flexibility index (Phi) is 6.16. The summed E-state index contributed by atoms with van der Waals surface area (Å²) < 4.78 is 8.40. The van der Waals surface area contributed by atoms with Gasteiger partial charge in [-0.2, -0.15) is 0 Å². The third-order valence-electron chi connectivity index (χ3n) is 4.31. The largest absolute Gasteiger partial charge is 0.494 e. The number of unbranched alkanes of at least 4 members (excludes halogenated alkanes) is 1. The van der Waals surface area contributed by atoms with Crippen molar-refractivity contribution in [3.8, 4) is 5.75 Å². The molecule has 2 aromatic heterocycles. The van der Waals surface area contributed by atoms with Crippen molar-refractivity contribution in [2.24, 2.45) is 0 Å². The number of anilines is 1. The average Bonchev–Trinajstić information content (AvgIpc) is 3.02. The number of nitrogens with zero attached hydrogens (tertiary/aromatic N) is 2. The van der Waals surface area contributed by atoms with Crippen molar-refractivity contribution < 1.29 is 9.53 Å². The van der Waals surface area contributed by atoms with Crippen LogP contribution in [0.25, 0.3) is 5.65 Å². The van der Waals surface area contributed by atoms with Crippen molar-refractivity contribution in [1.29, 1.82) is 0 Å². The van der Waals surface area contributed by atoms with Crippen molar-refractivity contribution in [1.82, 2.24) is 9.38 Å². The average molecular weight is 430 g/mol. The molecule has 142 valence electrons. The first-order valence-electron chi connectivity index (χ1n) is 9.24. The second kappa shape index (κ2) is 8.57. The van der Waals surface area contributed by atoms with E-state index in [1.54, 1.807) is 0 Å². The molecule has 0 fully saturated rings. The van der Waals surface area contributed by atoms with Crippen LogP contribution in [0.1, 0.15) is 48.4 Å². The molecule has 0 bridgehead atoms.